The first-order chi connectivity index (χ1) is 10.3. The fourth-order valence-corrected chi connectivity index (χ4v) is 2.86. The fraction of sp³-hybridized carbons (Fsp3) is 0.647. The van der Waals surface area contributed by atoms with Crippen LogP contribution in [0.5, 0.6) is 0 Å². The number of aliphatic hydroxyl groups is 1. The van der Waals surface area contributed by atoms with Gasteiger partial charge in [0.05, 0.1) is 5.60 Å². The van der Waals surface area contributed by atoms with E-state index in [0.717, 1.165) is 6.07 Å². The minimum atomic E-state index is -0.840. The van der Waals surface area contributed by atoms with Gasteiger partial charge in [0.2, 0.25) is 0 Å². The fourth-order valence-electron chi connectivity index (χ4n) is 2.86. The van der Waals surface area contributed by atoms with Crippen LogP contribution in [0.25, 0.3) is 0 Å². The molecule has 3 nitrogen and oxygen atoms in total. The van der Waals surface area contributed by atoms with Gasteiger partial charge in [0.1, 0.15) is 0 Å². The molecule has 0 radical (unpaired) electrons. The predicted octanol–water partition coefficient (Wildman–Crippen LogP) is 3.18. The summed E-state index contributed by atoms with van der Waals surface area (Å²) < 4.78 is 31.6. The number of hydrogen-bond acceptors (Lipinski definition) is 3. The highest BCUT2D eigenvalue weighted by molar-refractivity contribution is 5.20. The monoisotopic (exact) mass is 313 g/mol. The summed E-state index contributed by atoms with van der Waals surface area (Å²) >= 11 is 0. The highest BCUT2D eigenvalue weighted by Gasteiger charge is 2.44. The first-order valence-corrected chi connectivity index (χ1v) is 7.74. The first-order valence-electron chi connectivity index (χ1n) is 7.74. The molecule has 22 heavy (non-hydrogen) atoms. The Morgan fingerprint density at radius 2 is 1.91 bits per heavy atom. The largest absolute Gasteiger partial charge is 0.389 e. The summed E-state index contributed by atoms with van der Waals surface area (Å²) in [7, 11) is 0. The van der Waals surface area contributed by atoms with Crippen LogP contribution in [0.3, 0.4) is 0 Å². The third-order valence-corrected chi connectivity index (χ3v) is 4.87. The van der Waals surface area contributed by atoms with Crippen molar-refractivity contribution in [1.82, 2.24) is 5.32 Å². The summed E-state index contributed by atoms with van der Waals surface area (Å²) in [4.78, 5) is 0. The molecule has 0 aliphatic carbocycles. The van der Waals surface area contributed by atoms with Gasteiger partial charge in [-0.25, -0.2) is 8.78 Å². The number of rotatable bonds is 5. The lowest BCUT2D eigenvalue weighted by atomic mass is 9.70. The van der Waals surface area contributed by atoms with E-state index in [1.807, 2.05) is 20.8 Å². The van der Waals surface area contributed by atoms with Gasteiger partial charge in [-0.15, -0.1) is 0 Å². The Labute approximate surface area is 130 Å². The van der Waals surface area contributed by atoms with Gasteiger partial charge in [-0.1, -0.05) is 19.9 Å². The molecule has 1 aromatic rings. The molecule has 1 unspecified atom stereocenters. The molecule has 1 saturated heterocycles. The predicted molar refractivity (Wildman–Crippen MR) is 81.6 cm³/mol. The van der Waals surface area contributed by atoms with Crippen molar-refractivity contribution < 1.29 is 18.6 Å². The van der Waals surface area contributed by atoms with Gasteiger partial charge < -0.3 is 15.2 Å². The van der Waals surface area contributed by atoms with Crippen molar-refractivity contribution in [3.63, 3.8) is 0 Å². The van der Waals surface area contributed by atoms with E-state index in [-0.39, 0.29) is 11.5 Å². The van der Waals surface area contributed by atoms with Crippen molar-refractivity contribution in [1.29, 1.82) is 0 Å². The lowest BCUT2D eigenvalue weighted by Crippen LogP contribution is -2.53. The van der Waals surface area contributed by atoms with Crippen LogP contribution in [0.15, 0.2) is 18.2 Å². The third kappa shape index (κ3) is 3.65. The standard InChI is InChI=1S/C17H25F2NO2/c1-12(13-4-5-14(18)15(19)10-13)20-11-16(2,3)17(21)6-8-22-9-7-17/h4-5,10,12,20-21H,6-9,11H2,1-3H3. The van der Waals surface area contributed by atoms with E-state index in [1.165, 1.54) is 6.07 Å². The van der Waals surface area contributed by atoms with Crippen LogP contribution in [0.4, 0.5) is 8.78 Å². The first kappa shape index (κ1) is 17.3. The average Bonchev–Trinajstić information content (AvgIpc) is 2.48. The normalized spacial score (nSPS) is 19.9. The Hall–Kier alpha value is -1.04. The molecule has 1 aliphatic heterocycles. The number of benzene rings is 1. The molecule has 0 spiro atoms. The van der Waals surface area contributed by atoms with E-state index >= 15 is 0 Å². The SMILES string of the molecule is CC(NCC(C)(C)C1(O)CCOCC1)c1ccc(F)c(F)c1. The lowest BCUT2D eigenvalue weighted by molar-refractivity contribution is -0.131. The summed E-state index contributed by atoms with van der Waals surface area (Å²) in [5.74, 6) is -1.68. The number of ether oxygens (including phenoxy) is 1. The smallest absolute Gasteiger partial charge is 0.159 e. The molecule has 0 bridgehead atoms. The van der Waals surface area contributed by atoms with Gasteiger partial charge in [0, 0.05) is 44.1 Å². The van der Waals surface area contributed by atoms with E-state index in [2.05, 4.69) is 5.32 Å². The Morgan fingerprint density at radius 3 is 2.50 bits per heavy atom. The minimum Gasteiger partial charge on any atom is -0.389 e. The van der Waals surface area contributed by atoms with Crippen LogP contribution >= 0.6 is 0 Å². The van der Waals surface area contributed by atoms with Gasteiger partial charge in [0.25, 0.3) is 0 Å². The van der Waals surface area contributed by atoms with E-state index in [1.54, 1.807) is 6.07 Å². The molecule has 0 saturated carbocycles. The molecule has 0 aromatic heterocycles. The second-order valence-electron chi connectivity index (χ2n) is 6.80. The van der Waals surface area contributed by atoms with Crippen molar-refractivity contribution in [2.75, 3.05) is 19.8 Å². The third-order valence-electron chi connectivity index (χ3n) is 4.87. The summed E-state index contributed by atoms with van der Waals surface area (Å²) in [5, 5.41) is 14.2. The molecule has 1 aliphatic rings. The van der Waals surface area contributed by atoms with Crippen LogP contribution < -0.4 is 5.32 Å². The zero-order chi connectivity index (χ0) is 16.4. The molecule has 2 N–H and O–H groups in total. The zero-order valence-electron chi connectivity index (χ0n) is 13.5. The lowest BCUT2D eigenvalue weighted by Gasteiger charge is -2.45. The maximum Gasteiger partial charge on any atom is 0.159 e. The maximum absolute atomic E-state index is 13.3. The quantitative estimate of drug-likeness (QED) is 0.877. The number of hydrogen-bond donors (Lipinski definition) is 2. The molecule has 2 rings (SSSR count). The highest BCUT2D eigenvalue weighted by atomic mass is 19.2. The molecule has 5 heteroatoms. The molecule has 1 heterocycles. The van der Waals surface area contributed by atoms with E-state index in [9.17, 15) is 13.9 Å². The van der Waals surface area contributed by atoms with Gasteiger partial charge in [-0.3, -0.25) is 0 Å². The van der Waals surface area contributed by atoms with E-state index in [0.29, 0.717) is 38.2 Å². The molecule has 124 valence electrons. The second kappa shape index (κ2) is 6.60. The second-order valence-corrected chi connectivity index (χ2v) is 6.80. The zero-order valence-corrected chi connectivity index (χ0v) is 13.5. The van der Waals surface area contributed by atoms with E-state index < -0.39 is 17.2 Å². The molecule has 1 atom stereocenters. The van der Waals surface area contributed by atoms with E-state index in [4.69, 9.17) is 4.74 Å². The van der Waals surface area contributed by atoms with Gasteiger partial charge in [0.15, 0.2) is 11.6 Å². The van der Waals surface area contributed by atoms with Crippen molar-refractivity contribution in [3.05, 3.63) is 35.4 Å². The van der Waals surface area contributed by atoms with Gasteiger partial charge in [-0.05, 0) is 24.6 Å². The molecular formula is C17H25F2NO2. The molecule has 1 aromatic carbocycles. The Balaban J connectivity index is 1.99. The van der Waals surface area contributed by atoms with Crippen molar-refractivity contribution in [2.45, 2.75) is 45.3 Å². The number of halogens is 2. The topological polar surface area (TPSA) is 41.5 Å². The highest BCUT2D eigenvalue weighted by Crippen LogP contribution is 2.38. The summed E-state index contributed by atoms with van der Waals surface area (Å²) in [6.07, 6.45) is 1.22. The van der Waals surface area contributed by atoms with Crippen LogP contribution in [-0.4, -0.2) is 30.5 Å². The van der Waals surface area contributed by atoms with Crippen molar-refractivity contribution >= 4 is 0 Å². The van der Waals surface area contributed by atoms with Crippen LogP contribution in [0.1, 0.15) is 45.2 Å². The van der Waals surface area contributed by atoms with Crippen LogP contribution in [0, 0.1) is 17.0 Å². The number of nitrogens with one attached hydrogen (secondary N) is 1. The van der Waals surface area contributed by atoms with Gasteiger partial charge >= 0.3 is 0 Å². The Bertz CT molecular complexity index is 513. The molecule has 1 fully saturated rings. The van der Waals surface area contributed by atoms with Crippen LogP contribution in [-0.2, 0) is 4.74 Å². The molecular weight excluding hydrogens is 288 g/mol. The average molecular weight is 313 g/mol. The summed E-state index contributed by atoms with van der Waals surface area (Å²) in [6.45, 7) is 7.64. The maximum atomic E-state index is 13.3. The van der Waals surface area contributed by atoms with Crippen LogP contribution in [0.2, 0.25) is 0 Å². The minimum absolute atomic E-state index is 0.127. The van der Waals surface area contributed by atoms with Crippen molar-refractivity contribution in [3.8, 4) is 0 Å². The summed E-state index contributed by atoms with van der Waals surface area (Å²) in [6, 6.07) is 3.80. The molecule has 0 amide bonds. The Kier molecular flexibility index (Phi) is 5.20. The summed E-state index contributed by atoms with van der Waals surface area (Å²) in [5.41, 5.74) is -0.427. The Morgan fingerprint density at radius 1 is 1.27 bits per heavy atom. The van der Waals surface area contributed by atoms with Crippen molar-refractivity contribution in [2.24, 2.45) is 5.41 Å². The van der Waals surface area contributed by atoms with Gasteiger partial charge in [-0.2, -0.15) is 0 Å².